The molecule has 2 aliphatic rings. The number of nitrogens with zero attached hydrogens (tertiary/aromatic N) is 1. The van der Waals surface area contributed by atoms with Gasteiger partial charge in [0.2, 0.25) is 0 Å². The highest BCUT2D eigenvalue weighted by Crippen LogP contribution is 2.45. The monoisotopic (exact) mass is 359 g/mol. The first-order chi connectivity index (χ1) is 12.5. The van der Waals surface area contributed by atoms with E-state index in [4.69, 9.17) is 5.26 Å². The molecule has 0 amide bonds. The lowest BCUT2D eigenvalue weighted by Crippen LogP contribution is -2.27. The van der Waals surface area contributed by atoms with Gasteiger partial charge in [-0.25, -0.2) is 8.78 Å². The maximum absolute atomic E-state index is 13.9. The number of nitriles is 1. The van der Waals surface area contributed by atoms with Crippen molar-refractivity contribution in [1.82, 2.24) is 0 Å². The molecule has 1 nitrogen and oxygen atoms in total. The summed E-state index contributed by atoms with van der Waals surface area (Å²) in [6.45, 7) is 4.39. The van der Waals surface area contributed by atoms with Crippen LogP contribution < -0.4 is 0 Å². The van der Waals surface area contributed by atoms with Crippen LogP contribution in [0.1, 0.15) is 88.7 Å². The van der Waals surface area contributed by atoms with E-state index >= 15 is 0 Å². The van der Waals surface area contributed by atoms with Gasteiger partial charge in [-0.2, -0.15) is 5.26 Å². The number of hydrogen-bond acceptors (Lipinski definition) is 1. The van der Waals surface area contributed by atoms with Gasteiger partial charge in [-0.1, -0.05) is 33.1 Å². The maximum Gasteiger partial charge on any atom is 0.144 e. The van der Waals surface area contributed by atoms with E-state index in [1.807, 2.05) is 0 Å². The van der Waals surface area contributed by atoms with Gasteiger partial charge in [0.05, 0.1) is 0 Å². The summed E-state index contributed by atoms with van der Waals surface area (Å²) in [5.74, 6) is 1.88. The SMILES string of the molecule is CC[C@H]1CC[C@H](C2CCC(C(C)c3cc(F)c(C#N)c(F)c3)CC2)CC1. The summed E-state index contributed by atoms with van der Waals surface area (Å²) in [5.41, 5.74) is 0.234. The molecule has 0 radical (unpaired) electrons. The third kappa shape index (κ3) is 4.11. The van der Waals surface area contributed by atoms with Crippen LogP contribution in [0.3, 0.4) is 0 Å². The van der Waals surface area contributed by atoms with Crippen molar-refractivity contribution in [1.29, 1.82) is 5.26 Å². The fraction of sp³-hybridized carbons (Fsp3) is 0.696. The molecule has 142 valence electrons. The quantitative estimate of drug-likeness (QED) is 0.570. The molecule has 0 heterocycles. The highest BCUT2D eigenvalue weighted by atomic mass is 19.1. The molecule has 2 fully saturated rings. The summed E-state index contributed by atoms with van der Waals surface area (Å²) >= 11 is 0. The zero-order valence-electron chi connectivity index (χ0n) is 16.1. The first-order valence-electron chi connectivity index (χ1n) is 10.4. The van der Waals surface area contributed by atoms with Crippen molar-refractivity contribution < 1.29 is 8.78 Å². The first kappa shape index (κ1) is 19.3. The summed E-state index contributed by atoms with van der Waals surface area (Å²) in [7, 11) is 0. The Morgan fingerprint density at radius 1 is 0.962 bits per heavy atom. The standard InChI is InChI=1S/C23H31F2N/c1-3-16-4-6-18(7-5-16)19-10-8-17(9-11-19)15(2)20-12-22(24)21(14-26)23(25)13-20/h12-13,15-19H,3-11H2,1-2H3/t15?,16-,17?,18-,19?. The lowest BCUT2D eigenvalue weighted by atomic mass is 9.66. The normalized spacial score (nSPS) is 30.6. The van der Waals surface area contributed by atoms with E-state index < -0.39 is 17.2 Å². The van der Waals surface area contributed by atoms with Crippen LogP contribution >= 0.6 is 0 Å². The molecule has 2 saturated carbocycles. The molecular weight excluding hydrogens is 328 g/mol. The number of benzene rings is 1. The van der Waals surface area contributed by atoms with E-state index in [0.717, 1.165) is 30.6 Å². The Morgan fingerprint density at radius 2 is 1.46 bits per heavy atom. The molecule has 1 aromatic carbocycles. The molecule has 0 N–H and O–H groups in total. The molecule has 0 bridgehead atoms. The third-order valence-electron chi connectivity index (χ3n) is 7.36. The summed E-state index contributed by atoms with van der Waals surface area (Å²) in [4.78, 5) is 0. The molecule has 1 aromatic rings. The second-order valence-corrected chi connectivity index (χ2v) is 8.62. The second-order valence-electron chi connectivity index (χ2n) is 8.62. The zero-order chi connectivity index (χ0) is 18.7. The maximum atomic E-state index is 13.9. The largest absolute Gasteiger partial charge is 0.205 e. The molecule has 3 heteroatoms. The van der Waals surface area contributed by atoms with Gasteiger partial charge in [0.15, 0.2) is 0 Å². The van der Waals surface area contributed by atoms with Crippen LogP contribution in [-0.4, -0.2) is 0 Å². The van der Waals surface area contributed by atoms with E-state index in [9.17, 15) is 8.78 Å². The van der Waals surface area contributed by atoms with Crippen LogP contribution in [0.25, 0.3) is 0 Å². The highest BCUT2D eigenvalue weighted by molar-refractivity contribution is 5.36. The van der Waals surface area contributed by atoms with E-state index in [1.54, 1.807) is 6.07 Å². The molecule has 0 aliphatic heterocycles. The smallest absolute Gasteiger partial charge is 0.144 e. The first-order valence-corrected chi connectivity index (χ1v) is 10.4. The van der Waals surface area contributed by atoms with Gasteiger partial charge in [-0.3, -0.25) is 0 Å². The van der Waals surface area contributed by atoms with Gasteiger partial charge in [0, 0.05) is 0 Å². The van der Waals surface area contributed by atoms with Gasteiger partial charge in [-0.15, -0.1) is 0 Å². The van der Waals surface area contributed by atoms with Gasteiger partial charge in [-0.05, 0) is 85.8 Å². The van der Waals surface area contributed by atoms with Crippen molar-refractivity contribution in [3.63, 3.8) is 0 Å². The average Bonchev–Trinajstić information content (AvgIpc) is 2.67. The molecule has 3 rings (SSSR count). The number of rotatable bonds is 4. The Hall–Kier alpha value is -1.43. The third-order valence-corrected chi connectivity index (χ3v) is 7.36. The lowest BCUT2D eigenvalue weighted by Gasteiger charge is -2.39. The molecule has 0 spiro atoms. The molecule has 0 saturated heterocycles. The Balaban J connectivity index is 1.57. The summed E-state index contributed by atoms with van der Waals surface area (Å²) in [5, 5.41) is 8.83. The predicted octanol–water partition coefficient (Wildman–Crippen LogP) is 6.96. The summed E-state index contributed by atoms with van der Waals surface area (Å²) in [6.07, 6.45) is 11.8. The minimum atomic E-state index is -0.726. The van der Waals surface area contributed by atoms with Crippen molar-refractivity contribution in [2.75, 3.05) is 0 Å². The van der Waals surface area contributed by atoms with Crippen molar-refractivity contribution in [3.8, 4) is 6.07 Å². The molecule has 2 aliphatic carbocycles. The highest BCUT2D eigenvalue weighted by Gasteiger charge is 2.32. The van der Waals surface area contributed by atoms with Crippen molar-refractivity contribution in [2.45, 2.75) is 77.6 Å². The van der Waals surface area contributed by atoms with Crippen LogP contribution in [0.4, 0.5) is 8.78 Å². The van der Waals surface area contributed by atoms with Crippen molar-refractivity contribution in [2.24, 2.45) is 23.7 Å². The molecule has 1 atom stereocenters. The Labute approximate surface area is 156 Å². The fourth-order valence-corrected chi connectivity index (χ4v) is 5.42. The summed E-state index contributed by atoms with van der Waals surface area (Å²) < 4.78 is 27.9. The minimum absolute atomic E-state index is 0.142. The van der Waals surface area contributed by atoms with Gasteiger partial charge < -0.3 is 0 Å². The molecule has 0 aromatic heterocycles. The van der Waals surface area contributed by atoms with E-state index in [1.165, 1.54) is 57.1 Å². The second kappa shape index (κ2) is 8.51. The van der Waals surface area contributed by atoms with Crippen LogP contribution in [0, 0.1) is 46.6 Å². The number of hydrogen-bond donors (Lipinski definition) is 0. The Kier molecular flexibility index (Phi) is 6.33. The van der Waals surface area contributed by atoms with E-state index in [-0.39, 0.29) is 5.92 Å². The van der Waals surface area contributed by atoms with Gasteiger partial charge in [0.1, 0.15) is 23.3 Å². The lowest BCUT2D eigenvalue weighted by molar-refractivity contribution is 0.138. The number of halogens is 2. The predicted molar refractivity (Wildman–Crippen MR) is 101 cm³/mol. The van der Waals surface area contributed by atoms with Crippen molar-refractivity contribution >= 4 is 0 Å². The van der Waals surface area contributed by atoms with Crippen LogP contribution in [0.2, 0.25) is 0 Å². The van der Waals surface area contributed by atoms with Crippen LogP contribution in [-0.2, 0) is 0 Å². The topological polar surface area (TPSA) is 23.8 Å². The minimum Gasteiger partial charge on any atom is -0.205 e. The van der Waals surface area contributed by atoms with Crippen LogP contribution in [0.5, 0.6) is 0 Å². The molecule has 26 heavy (non-hydrogen) atoms. The summed E-state index contributed by atoms with van der Waals surface area (Å²) in [6, 6.07) is 4.34. The average molecular weight is 360 g/mol. The van der Waals surface area contributed by atoms with Crippen molar-refractivity contribution in [3.05, 3.63) is 34.9 Å². The zero-order valence-corrected chi connectivity index (χ0v) is 16.1. The van der Waals surface area contributed by atoms with Crippen LogP contribution in [0.15, 0.2) is 12.1 Å². The molecular formula is C23H31F2N. The Bertz CT molecular complexity index is 624. The van der Waals surface area contributed by atoms with Gasteiger partial charge in [0.25, 0.3) is 0 Å². The van der Waals surface area contributed by atoms with E-state index in [0.29, 0.717) is 11.5 Å². The fourth-order valence-electron chi connectivity index (χ4n) is 5.42. The Morgan fingerprint density at radius 3 is 1.92 bits per heavy atom. The van der Waals surface area contributed by atoms with Gasteiger partial charge >= 0.3 is 0 Å². The van der Waals surface area contributed by atoms with E-state index in [2.05, 4.69) is 13.8 Å². The molecule has 1 unspecified atom stereocenters.